The molecule has 0 aliphatic rings. The van der Waals surface area contributed by atoms with Gasteiger partial charge in [0.1, 0.15) is 11.5 Å². The molecule has 21 heavy (non-hydrogen) atoms. The lowest BCUT2D eigenvalue weighted by molar-refractivity contribution is 0.0940. The van der Waals surface area contributed by atoms with E-state index in [2.05, 4.69) is 10.6 Å². The van der Waals surface area contributed by atoms with E-state index in [1.165, 1.54) is 0 Å². The summed E-state index contributed by atoms with van der Waals surface area (Å²) in [6.45, 7) is 7.78. The van der Waals surface area contributed by atoms with Crippen molar-refractivity contribution >= 4 is 11.6 Å². The van der Waals surface area contributed by atoms with Crippen molar-refractivity contribution < 1.29 is 9.21 Å². The van der Waals surface area contributed by atoms with Crippen LogP contribution in [0.1, 0.15) is 46.0 Å². The fourth-order valence-electron chi connectivity index (χ4n) is 2.50. The van der Waals surface area contributed by atoms with Crippen molar-refractivity contribution in [3.05, 3.63) is 52.5 Å². The fourth-order valence-corrected chi connectivity index (χ4v) is 2.50. The number of carbonyl (C=O) groups excluding carboxylic acids is 1. The molecule has 0 spiro atoms. The highest BCUT2D eigenvalue weighted by Gasteiger charge is 2.17. The third kappa shape index (κ3) is 3.27. The summed E-state index contributed by atoms with van der Waals surface area (Å²) < 4.78 is 5.52. The lowest BCUT2D eigenvalue weighted by Gasteiger charge is -2.15. The third-order valence-electron chi connectivity index (χ3n) is 3.58. The molecule has 0 bridgehead atoms. The number of amides is 1. The predicted molar refractivity (Wildman–Crippen MR) is 84.8 cm³/mol. The summed E-state index contributed by atoms with van der Waals surface area (Å²) in [5, 5.41) is 6.09. The summed E-state index contributed by atoms with van der Waals surface area (Å²) >= 11 is 0. The van der Waals surface area contributed by atoms with Gasteiger partial charge in [0.2, 0.25) is 0 Å². The topological polar surface area (TPSA) is 54.3 Å². The summed E-state index contributed by atoms with van der Waals surface area (Å²) in [5.74, 6) is 1.61. The number of aryl methyl sites for hydroxylation is 3. The molecule has 1 atom stereocenters. The Hall–Kier alpha value is -2.23. The number of furan rings is 1. The number of hydrogen-bond donors (Lipinski definition) is 2. The SMILES string of the molecule is CNc1cc(C)ccc1C(=O)NC(C)c1cc(C)oc1C. The van der Waals surface area contributed by atoms with Crippen molar-refractivity contribution in [3.8, 4) is 0 Å². The number of rotatable bonds is 4. The van der Waals surface area contributed by atoms with E-state index in [9.17, 15) is 4.79 Å². The van der Waals surface area contributed by atoms with Gasteiger partial charge in [0, 0.05) is 18.3 Å². The Balaban J connectivity index is 2.20. The Morgan fingerprint density at radius 1 is 1.19 bits per heavy atom. The second kappa shape index (κ2) is 6.04. The molecule has 2 aromatic rings. The van der Waals surface area contributed by atoms with Crippen LogP contribution in [0.4, 0.5) is 5.69 Å². The van der Waals surface area contributed by atoms with Gasteiger partial charge in [-0.2, -0.15) is 0 Å². The van der Waals surface area contributed by atoms with Crippen molar-refractivity contribution in [2.24, 2.45) is 0 Å². The Kier molecular flexibility index (Phi) is 4.36. The Bertz CT molecular complexity index is 659. The largest absolute Gasteiger partial charge is 0.466 e. The van der Waals surface area contributed by atoms with Gasteiger partial charge < -0.3 is 15.1 Å². The molecule has 4 heteroatoms. The summed E-state index contributed by atoms with van der Waals surface area (Å²) in [5.41, 5.74) is 3.61. The second-order valence-corrected chi connectivity index (χ2v) is 5.36. The number of hydrogen-bond acceptors (Lipinski definition) is 3. The number of anilines is 1. The molecule has 2 N–H and O–H groups in total. The third-order valence-corrected chi connectivity index (χ3v) is 3.58. The Morgan fingerprint density at radius 2 is 1.90 bits per heavy atom. The molecule has 0 fully saturated rings. The van der Waals surface area contributed by atoms with E-state index in [1.54, 1.807) is 0 Å². The maximum Gasteiger partial charge on any atom is 0.253 e. The van der Waals surface area contributed by atoms with Gasteiger partial charge in [-0.25, -0.2) is 0 Å². The smallest absolute Gasteiger partial charge is 0.253 e. The molecule has 1 aromatic carbocycles. The minimum Gasteiger partial charge on any atom is -0.466 e. The van der Waals surface area contributed by atoms with E-state index in [0.717, 1.165) is 28.3 Å². The van der Waals surface area contributed by atoms with E-state index < -0.39 is 0 Å². The molecule has 0 saturated carbocycles. The molecular weight excluding hydrogens is 264 g/mol. The van der Waals surface area contributed by atoms with Crippen LogP contribution in [0.15, 0.2) is 28.7 Å². The van der Waals surface area contributed by atoms with E-state index >= 15 is 0 Å². The van der Waals surface area contributed by atoms with Gasteiger partial charge in [0.25, 0.3) is 5.91 Å². The number of benzene rings is 1. The number of nitrogens with one attached hydrogen (secondary N) is 2. The Labute approximate surface area is 125 Å². The standard InChI is InChI=1S/C17H22N2O2/c1-10-6-7-14(16(8-10)18-5)17(20)19-12(3)15-9-11(2)21-13(15)4/h6-9,12,18H,1-5H3,(H,19,20). The molecule has 0 radical (unpaired) electrons. The molecule has 1 heterocycles. The molecule has 2 rings (SSSR count). The van der Waals surface area contributed by atoms with Crippen molar-refractivity contribution in [1.29, 1.82) is 0 Å². The van der Waals surface area contributed by atoms with Crippen LogP contribution in [-0.4, -0.2) is 13.0 Å². The van der Waals surface area contributed by atoms with Gasteiger partial charge in [-0.3, -0.25) is 4.79 Å². The minimum atomic E-state index is -0.0963. The summed E-state index contributed by atoms with van der Waals surface area (Å²) in [6.07, 6.45) is 0. The van der Waals surface area contributed by atoms with E-state index in [-0.39, 0.29) is 11.9 Å². The first-order valence-electron chi connectivity index (χ1n) is 7.08. The quantitative estimate of drug-likeness (QED) is 0.900. The maximum absolute atomic E-state index is 12.5. The summed E-state index contributed by atoms with van der Waals surface area (Å²) in [6, 6.07) is 7.62. The maximum atomic E-state index is 12.5. The van der Waals surface area contributed by atoms with Crippen LogP contribution in [0, 0.1) is 20.8 Å². The Morgan fingerprint density at radius 3 is 2.48 bits per heavy atom. The van der Waals surface area contributed by atoms with Gasteiger partial charge in [0.15, 0.2) is 0 Å². The van der Waals surface area contributed by atoms with Crippen LogP contribution < -0.4 is 10.6 Å². The van der Waals surface area contributed by atoms with Gasteiger partial charge >= 0.3 is 0 Å². The molecule has 112 valence electrons. The normalized spacial score (nSPS) is 12.0. The van der Waals surface area contributed by atoms with Crippen molar-refractivity contribution in [2.45, 2.75) is 33.7 Å². The highest BCUT2D eigenvalue weighted by Crippen LogP contribution is 2.23. The molecule has 0 saturated heterocycles. The zero-order valence-electron chi connectivity index (χ0n) is 13.2. The van der Waals surface area contributed by atoms with Gasteiger partial charge in [-0.05, 0) is 51.5 Å². The van der Waals surface area contributed by atoms with E-state index in [1.807, 2.05) is 59.0 Å². The molecule has 0 aliphatic heterocycles. The van der Waals surface area contributed by atoms with E-state index in [4.69, 9.17) is 4.42 Å². The lowest BCUT2D eigenvalue weighted by atomic mass is 10.1. The molecule has 1 aromatic heterocycles. The summed E-state index contributed by atoms with van der Waals surface area (Å²) in [7, 11) is 1.82. The minimum absolute atomic E-state index is 0.0925. The van der Waals surface area contributed by atoms with Crippen LogP contribution in [-0.2, 0) is 0 Å². The monoisotopic (exact) mass is 286 g/mol. The van der Waals surface area contributed by atoms with Crippen molar-refractivity contribution in [2.75, 3.05) is 12.4 Å². The molecule has 0 aliphatic carbocycles. The highest BCUT2D eigenvalue weighted by atomic mass is 16.3. The second-order valence-electron chi connectivity index (χ2n) is 5.36. The van der Waals surface area contributed by atoms with Crippen LogP contribution >= 0.6 is 0 Å². The molecule has 4 nitrogen and oxygen atoms in total. The van der Waals surface area contributed by atoms with Crippen molar-refractivity contribution in [3.63, 3.8) is 0 Å². The molecule has 1 amide bonds. The average molecular weight is 286 g/mol. The van der Waals surface area contributed by atoms with E-state index in [0.29, 0.717) is 5.56 Å². The average Bonchev–Trinajstić information content (AvgIpc) is 2.77. The zero-order valence-corrected chi connectivity index (χ0v) is 13.2. The molecule has 1 unspecified atom stereocenters. The lowest BCUT2D eigenvalue weighted by Crippen LogP contribution is -2.27. The van der Waals surface area contributed by atoms with Crippen LogP contribution in [0.3, 0.4) is 0 Å². The predicted octanol–water partition coefficient (Wildman–Crippen LogP) is 3.74. The highest BCUT2D eigenvalue weighted by molar-refractivity contribution is 5.99. The van der Waals surface area contributed by atoms with Crippen molar-refractivity contribution in [1.82, 2.24) is 5.32 Å². The van der Waals surface area contributed by atoms with Crippen LogP contribution in [0.2, 0.25) is 0 Å². The zero-order chi connectivity index (χ0) is 15.6. The first kappa shape index (κ1) is 15.2. The van der Waals surface area contributed by atoms with Gasteiger partial charge in [0.05, 0.1) is 11.6 Å². The molecular formula is C17H22N2O2. The van der Waals surface area contributed by atoms with Gasteiger partial charge in [-0.15, -0.1) is 0 Å². The summed E-state index contributed by atoms with van der Waals surface area (Å²) in [4.78, 5) is 12.5. The van der Waals surface area contributed by atoms with Crippen LogP contribution in [0.5, 0.6) is 0 Å². The van der Waals surface area contributed by atoms with Gasteiger partial charge in [-0.1, -0.05) is 6.07 Å². The first-order chi connectivity index (χ1) is 9.92. The first-order valence-corrected chi connectivity index (χ1v) is 7.08. The van der Waals surface area contributed by atoms with Crippen LogP contribution in [0.25, 0.3) is 0 Å². The number of carbonyl (C=O) groups is 1. The fraction of sp³-hybridized carbons (Fsp3) is 0.353.